The lowest BCUT2D eigenvalue weighted by Gasteiger charge is -2.07. The van der Waals surface area contributed by atoms with Gasteiger partial charge in [-0.25, -0.2) is 0 Å². The summed E-state index contributed by atoms with van der Waals surface area (Å²) in [6.45, 7) is 0.390. The molecule has 0 bridgehead atoms. The molecule has 1 heterocycles. The van der Waals surface area contributed by atoms with Gasteiger partial charge in [-0.3, -0.25) is 14.6 Å². The van der Waals surface area contributed by atoms with Crippen molar-refractivity contribution < 1.29 is 19.1 Å². The number of aromatic nitrogens is 1. The van der Waals surface area contributed by atoms with E-state index in [1.165, 1.54) is 0 Å². The van der Waals surface area contributed by atoms with Gasteiger partial charge >= 0.3 is 5.97 Å². The standard InChI is InChI=1S/C17H18N2O4/c1-22-15-4-2-13(3-5-15)12-16(20)23-11-10-19-17(21)14-6-8-18-9-7-14/h2-9H,10-12H2,1H3,(H,19,21). The van der Waals surface area contributed by atoms with Crippen LogP contribution < -0.4 is 10.1 Å². The predicted octanol–water partition coefficient (Wildman–Crippen LogP) is 1.61. The Bertz CT molecular complexity index is 641. The van der Waals surface area contributed by atoms with Crippen LogP contribution in [-0.4, -0.2) is 37.1 Å². The van der Waals surface area contributed by atoms with Crippen molar-refractivity contribution in [1.82, 2.24) is 10.3 Å². The first kappa shape index (κ1) is 16.5. The average molecular weight is 314 g/mol. The van der Waals surface area contributed by atoms with Crippen LogP contribution >= 0.6 is 0 Å². The fourth-order valence-corrected chi connectivity index (χ4v) is 1.90. The first-order chi connectivity index (χ1) is 11.2. The summed E-state index contributed by atoms with van der Waals surface area (Å²) in [4.78, 5) is 27.3. The summed E-state index contributed by atoms with van der Waals surface area (Å²) < 4.78 is 10.1. The summed E-state index contributed by atoms with van der Waals surface area (Å²) in [5, 5.41) is 2.67. The van der Waals surface area contributed by atoms with E-state index < -0.39 is 0 Å². The minimum absolute atomic E-state index is 0.131. The van der Waals surface area contributed by atoms with Gasteiger partial charge < -0.3 is 14.8 Å². The predicted molar refractivity (Wildman–Crippen MR) is 84.2 cm³/mol. The zero-order chi connectivity index (χ0) is 16.5. The third kappa shape index (κ3) is 5.43. The maximum atomic E-state index is 11.7. The zero-order valence-corrected chi connectivity index (χ0v) is 12.8. The van der Waals surface area contributed by atoms with Gasteiger partial charge in [0.15, 0.2) is 0 Å². The van der Waals surface area contributed by atoms with Crippen molar-refractivity contribution in [3.05, 3.63) is 59.9 Å². The maximum absolute atomic E-state index is 11.7. The molecule has 0 unspecified atom stereocenters. The Morgan fingerprint density at radius 2 is 1.78 bits per heavy atom. The van der Waals surface area contributed by atoms with Crippen molar-refractivity contribution in [3.8, 4) is 5.75 Å². The number of rotatable bonds is 7. The Morgan fingerprint density at radius 3 is 2.43 bits per heavy atom. The molecule has 0 aliphatic heterocycles. The zero-order valence-electron chi connectivity index (χ0n) is 12.8. The molecule has 0 aliphatic carbocycles. The van der Waals surface area contributed by atoms with E-state index in [2.05, 4.69) is 10.3 Å². The number of hydrogen-bond acceptors (Lipinski definition) is 5. The van der Waals surface area contributed by atoms with Gasteiger partial charge in [-0.2, -0.15) is 0 Å². The third-order valence-electron chi connectivity index (χ3n) is 3.10. The van der Waals surface area contributed by atoms with Crippen LogP contribution in [0.25, 0.3) is 0 Å². The number of esters is 1. The summed E-state index contributed by atoms with van der Waals surface area (Å²) in [7, 11) is 1.59. The highest BCUT2D eigenvalue weighted by atomic mass is 16.5. The highest BCUT2D eigenvalue weighted by Gasteiger charge is 2.07. The van der Waals surface area contributed by atoms with Crippen LogP contribution in [0.1, 0.15) is 15.9 Å². The molecule has 120 valence electrons. The topological polar surface area (TPSA) is 77.5 Å². The van der Waals surface area contributed by atoms with Gasteiger partial charge in [-0.05, 0) is 29.8 Å². The number of ether oxygens (including phenoxy) is 2. The molecule has 0 saturated carbocycles. The Hall–Kier alpha value is -2.89. The number of benzene rings is 1. The van der Waals surface area contributed by atoms with Crippen LogP contribution in [0.2, 0.25) is 0 Å². The van der Waals surface area contributed by atoms with Crippen molar-refractivity contribution in [1.29, 1.82) is 0 Å². The highest BCUT2D eigenvalue weighted by molar-refractivity contribution is 5.93. The van der Waals surface area contributed by atoms with Crippen LogP contribution in [0.5, 0.6) is 5.75 Å². The van der Waals surface area contributed by atoms with E-state index in [4.69, 9.17) is 9.47 Å². The molecule has 1 amide bonds. The molecular formula is C17H18N2O4. The van der Waals surface area contributed by atoms with Crippen LogP contribution in [0.15, 0.2) is 48.8 Å². The van der Waals surface area contributed by atoms with Gasteiger partial charge in [-0.1, -0.05) is 12.1 Å². The lowest BCUT2D eigenvalue weighted by Crippen LogP contribution is -2.28. The van der Waals surface area contributed by atoms with Crippen molar-refractivity contribution in [2.45, 2.75) is 6.42 Å². The number of pyridine rings is 1. The molecule has 2 aromatic rings. The molecule has 6 nitrogen and oxygen atoms in total. The summed E-state index contributed by atoms with van der Waals surface area (Å²) in [6, 6.07) is 10.4. The average Bonchev–Trinajstić information content (AvgIpc) is 2.60. The second-order valence-electron chi connectivity index (χ2n) is 4.74. The number of nitrogens with zero attached hydrogens (tertiary/aromatic N) is 1. The molecule has 0 aliphatic rings. The number of amides is 1. The van der Waals surface area contributed by atoms with Crippen molar-refractivity contribution in [2.24, 2.45) is 0 Å². The van der Waals surface area contributed by atoms with E-state index >= 15 is 0 Å². The van der Waals surface area contributed by atoms with Crippen LogP contribution in [0, 0.1) is 0 Å². The second-order valence-corrected chi connectivity index (χ2v) is 4.74. The smallest absolute Gasteiger partial charge is 0.310 e. The molecule has 1 aromatic heterocycles. The quantitative estimate of drug-likeness (QED) is 0.620. The SMILES string of the molecule is COc1ccc(CC(=O)OCCNC(=O)c2ccncc2)cc1. The van der Waals surface area contributed by atoms with Gasteiger partial charge in [0.25, 0.3) is 5.91 Å². The molecular weight excluding hydrogens is 296 g/mol. The number of carbonyl (C=O) groups is 2. The van der Waals surface area contributed by atoms with Crippen LogP contribution in [0.4, 0.5) is 0 Å². The minimum atomic E-state index is -0.340. The Balaban J connectivity index is 1.67. The van der Waals surface area contributed by atoms with Crippen molar-refractivity contribution in [2.75, 3.05) is 20.3 Å². The molecule has 1 aromatic carbocycles. The van der Waals surface area contributed by atoms with Crippen LogP contribution in [0.3, 0.4) is 0 Å². The number of methoxy groups -OCH3 is 1. The van der Waals surface area contributed by atoms with Gasteiger partial charge in [0.2, 0.25) is 0 Å². The summed E-state index contributed by atoms with van der Waals surface area (Å²) in [6.07, 6.45) is 3.27. The third-order valence-corrected chi connectivity index (χ3v) is 3.10. The summed E-state index contributed by atoms with van der Waals surface area (Å²) in [5.41, 5.74) is 1.36. The van der Waals surface area contributed by atoms with E-state index in [0.717, 1.165) is 11.3 Å². The molecule has 0 radical (unpaired) electrons. The largest absolute Gasteiger partial charge is 0.497 e. The first-order valence-electron chi connectivity index (χ1n) is 7.16. The van der Waals surface area contributed by atoms with Crippen molar-refractivity contribution >= 4 is 11.9 Å². The van der Waals surface area contributed by atoms with Gasteiger partial charge in [0, 0.05) is 18.0 Å². The van der Waals surface area contributed by atoms with E-state index in [1.54, 1.807) is 43.8 Å². The van der Waals surface area contributed by atoms with E-state index in [9.17, 15) is 9.59 Å². The molecule has 2 rings (SSSR count). The number of hydrogen-bond donors (Lipinski definition) is 1. The van der Waals surface area contributed by atoms with E-state index in [-0.39, 0.29) is 31.4 Å². The molecule has 6 heteroatoms. The number of carbonyl (C=O) groups excluding carboxylic acids is 2. The van der Waals surface area contributed by atoms with Crippen molar-refractivity contribution in [3.63, 3.8) is 0 Å². The fourth-order valence-electron chi connectivity index (χ4n) is 1.90. The highest BCUT2D eigenvalue weighted by Crippen LogP contribution is 2.11. The van der Waals surface area contributed by atoms with Gasteiger partial charge in [-0.15, -0.1) is 0 Å². The second kappa shape index (κ2) is 8.53. The normalized spacial score (nSPS) is 9.96. The Morgan fingerprint density at radius 1 is 1.09 bits per heavy atom. The molecule has 0 saturated heterocycles. The van der Waals surface area contributed by atoms with E-state index in [0.29, 0.717) is 5.56 Å². The first-order valence-corrected chi connectivity index (χ1v) is 7.16. The Labute approximate surface area is 134 Å². The summed E-state index contributed by atoms with van der Waals surface area (Å²) in [5.74, 6) is 0.174. The maximum Gasteiger partial charge on any atom is 0.310 e. The van der Waals surface area contributed by atoms with E-state index in [1.807, 2.05) is 12.1 Å². The lowest BCUT2D eigenvalue weighted by atomic mass is 10.1. The van der Waals surface area contributed by atoms with Crippen LogP contribution in [-0.2, 0) is 16.0 Å². The van der Waals surface area contributed by atoms with Gasteiger partial charge in [0.1, 0.15) is 12.4 Å². The number of nitrogens with one attached hydrogen (secondary N) is 1. The Kier molecular flexibility index (Phi) is 6.11. The lowest BCUT2D eigenvalue weighted by molar-refractivity contribution is -0.142. The summed E-state index contributed by atoms with van der Waals surface area (Å²) >= 11 is 0. The monoisotopic (exact) mass is 314 g/mol. The minimum Gasteiger partial charge on any atom is -0.497 e. The molecule has 1 N–H and O–H groups in total. The molecule has 0 spiro atoms. The molecule has 0 atom stereocenters. The molecule has 23 heavy (non-hydrogen) atoms. The van der Waals surface area contributed by atoms with Gasteiger partial charge in [0.05, 0.1) is 20.1 Å². The fraction of sp³-hybridized carbons (Fsp3) is 0.235. The molecule has 0 fully saturated rings.